The van der Waals surface area contributed by atoms with Gasteiger partial charge < -0.3 is 4.74 Å². The van der Waals surface area contributed by atoms with Crippen molar-refractivity contribution in [3.8, 4) is 5.75 Å². The number of carbonyl (C=O) groups excluding carboxylic acids is 3. The monoisotopic (exact) mass is 384 g/mol. The normalized spacial score (nSPS) is 13.9. The van der Waals surface area contributed by atoms with E-state index < -0.39 is 17.8 Å². The van der Waals surface area contributed by atoms with Crippen molar-refractivity contribution in [3.63, 3.8) is 0 Å². The van der Waals surface area contributed by atoms with Gasteiger partial charge in [-0.1, -0.05) is 35.9 Å². The maximum atomic E-state index is 11.8. The second kappa shape index (κ2) is 7.63. The number of benzene rings is 2. The third-order valence-corrected chi connectivity index (χ3v) is 4.47. The Labute approximate surface area is 161 Å². The van der Waals surface area contributed by atoms with Gasteiger partial charge in [-0.05, 0) is 54.3 Å². The van der Waals surface area contributed by atoms with Crippen LogP contribution < -0.4 is 15.4 Å². The van der Waals surface area contributed by atoms with Crippen LogP contribution in [0.15, 0.2) is 42.0 Å². The number of aryl methyl sites for hydroxylation is 2. The molecule has 2 N–H and O–H groups in total. The van der Waals surface area contributed by atoms with Gasteiger partial charge in [0.2, 0.25) is 0 Å². The minimum absolute atomic E-state index is 0.172. The number of nitrogens with one attached hydrogen (secondary N) is 2. The van der Waals surface area contributed by atoms with Crippen LogP contribution in [0.3, 0.4) is 0 Å². The minimum Gasteiger partial charge on any atom is -0.487 e. The molecule has 138 valence electrons. The molecule has 0 saturated carbocycles. The first-order valence-corrected chi connectivity index (χ1v) is 8.58. The Bertz CT molecular complexity index is 960. The van der Waals surface area contributed by atoms with Crippen molar-refractivity contribution >= 4 is 35.5 Å². The second-order valence-corrected chi connectivity index (χ2v) is 6.60. The third kappa shape index (κ3) is 4.35. The lowest BCUT2D eigenvalue weighted by molar-refractivity contribution is -0.123. The van der Waals surface area contributed by atoms with E-state index in [1.54, 1.807) is 18.2 Å². The molecule has 0 aliphatic carbocycles. The number of rotatable bonds is 4. The summed E-state index contributed by atoms with van der Waals surface area (Å²) in [5.41, 5.74) is 3.79. The molecule has 1 saturated heterocycles. The first-order valence-electron chi connectivity index (χ1n) is 8.20. The molecule has 0 unspecified atom stereocenters. The van der Waals surface area contributed by atoms with Crippen molar-refractivity contribution in [1.29, 1.82) is 0 Å². The smallest absolute Gasteiger partial charge is 0.328 e. The van der Waals surface area contributed by atoms with Gasteiger partial charge in [-0.2, -0.15) is 0 Å². The molecule has 7 heteroatoms. The summed E-state index contributed by atoms with van der Waals surface area (Å²) < 4.78 is 5.76. The molecular weight excluding hydrogens is 368 g/mol. The van der Waals surface area contributed by atoms with Gasteiger partial charge in [-0.3, -0.25) is 20.2 Å². The molecule has 1 heterocycles. The van der Waals surface area contributed by atoms with E-state index in [4.69, 9.17) is 16.3 Å². The summed E-state index contributed by atoms with van der Waals surface area (Å²) in [5.74, 6) is -1.02. The van der Waals surface area contributed by atoms with Gasteiger partial charge in [0.25, 0.3) is 11.8 Å². The maximum Gasteiger partial charge on any atom is 0.328 e. The predicted molar refractivity (Wildman–Crippen MR) is 101 cm³/mol. The summed E-state index contributed by atoms with van der Waals surface area (Å²) >= 11 is 6.26. The number of halogens is 1. The molecule has 27 heavy (non-hydrogen) atoms. The van der Waals surface area contributed by atoms with Crippen LogP contribution in [0.4, 0.5) is 4.79 Å². The Balaban J connectivity index is 1.74. The number of imide groups is 2. The average molecular weight is 385 g/mol. The Kier molecular flexibility index (Phi) is 5.28. The highest BCUT2D eigenvalue weighted by Gasteiger charge is 2.27. The lowest BCUT2D eigenvalue weighted by atomic mass is 10.1. The van der Waals surface area contributed by atoms with Crippen molar-refractivity contribution in [2.24, 2.45) is 0 Å². The zero-order valence-corrected chi connectivity index (χ0v) is 15.5. The third-order valence-electron chi connectivity index (χ3n) is 4.18. The maximum absolute atomic E-state index is 11.8. The highest BCUT2D eigenvalue weighted by molar-refractivity contribution is 6.33. The highest BCUT2D eigenvalue weighted by atomic mass is 35.5. The molecule has 6 nitrogen and oxygen atoms in total. The molecule has 3 rings (SSSR count). The summed E-state index contributed by atoms with van der Waals surface area (Å²) in [6.07, 6.45) is 1.36. The largest absolute Gasteiger partial charge is 0.487 e. The van der Waals surface area contributed by atoms with Gasteiger partial charge in [0, 0.05) is 0 Å². The Morgan fingerprint density at radius 2 is 1.67 bits per heavy atom. The Hall–Kier alpha value is -3.12. The highest BCUT2D eigenvalue weighted by Crippen LogP contribution is 2.27. The summed E-state index contributed by atoms with van der Waals surface area (Å²) in [4.78, 5) is 34.6. The molecular formula is C20H17ClN2O4. The summed E-state index contributed by atoms with van der Waals surface area (Å²) in [5, 5.41) is 4.38. The minimum atomic E-state index is -0.838. The van der Waals surface area contributed by atoms with Crippen LogP contribution in [0.1, 0.15) is 22.3 Å². The quantitative estimate of drug-likeness (QED) is 0.625. The van der Waals surface area contributed by atoms with Crippen LogP contribution in [-0.2, 0) is 16.2 Å². The summed E-state index contributed by atoms with van der Waals surface area (Å²) in [7, 11) is 0. The Morgan fingerprint density at radius 1 is 0.963 bits per heavy atom. The van der Waals surface area contributed by atoms with Crippen molar-refractivity contribution in [2.75, 3.05) is 0 Å². The van der Waals surface area contributed by atoms with Crippen LogP contribution >= 0.6 is 11.6 Å². The van der Waals surface area contributed by atoms with Crippen molar-refractivity contribution < 1.29 is 19.1 Å². The zero-order chi connectivity index (χ0) is 19.6. The van der Waals surface area contributed by atoms with Crippen molar-refractivity contribution in [3.05, 3.63) is 69.2 Å². The summed E-state index contributed by atoms with van der Waals surface area (Å²) in [6, 6.07) is 10.2. The van der Waals surface area contributed by atoms with E-state index in [0.717, 1.165) is 5.56 Å². The Morgan fingerprint density at radius 3 is 2.30 bits per heavy atom. The van der Waals surface area contributed by atoms with Crippen molar-refractivity contribution in [2.45, 2.75) is 20.5 Å². The number of hydrogen-bond acceptors (Lipinski definition) is 4. The van der Waals surface area contributed by atoms with Crippen LogP contribution in [0.5, 0.6) is 5.75 Å². The fourth-order valence-corrected chi connectivity index (χ4v) is 2.79. The molecule has 2 aromatic carbocycles. The average Bonchev–Trinajstić information content (AvgIpc) is 2.60. The van der Waals surface area contributed by atoms with Gasteiger partial charge in [-0.15, -0.1) is 0 Å². The van der Waals surface area contributed by atoms with Crippen molar-refractivity contribution in [1.82, 2.24) is 10.6 Å². The number of urea groups is 1. The fraction of sp³-hybridized carbons (Fsp3) is 0.150. The van der Waals surface area contributed by atoms with E-state index >= 15 is 0 Å². The van der Waals surface area contributed by atoms with E-state index in [-0.39, 0.29) is 5.57 Å². The van der Waals surface area contributed by atoms with E-state index in [2.05, 4.69) is 6.07 Å². The second-order valence-electron chi connectivity index (χ2n) is 6.19. The molecule has 2 aromatic rings. The van der Waals surface area contributed by atoms with Gasteiger partial charge in [-0.25, -0.2) is 4.79 Å². The van der Waals surface area contributed by atoms with E-state index in [9.17, 15) is 14.4 Å². The van der Waals surface area contributed by atoms with Crippen LogP contribution in [0.25, 0.3) is 6.08 Å². The summed E-state index contributed by atoms with van der Waals surface area (Å²) in [6.45, 7) is 4.46. The number of amides is 4. The van der Waals surface area contributed by atoms with Gasteiger partial charge >= 0.3 is 6.03 Å². The molecule has 0 atom stereocenters. The van der Waals surface area contributed by atoms with Crippen LogP contribution in [-0.4, -0.2) is 17.8 Å². The van der Waals surface area contributed by atoms with Crippen LogP contribution in [0.2, 0.25) is 5.02 Å². The fourth-order valence-electron chi connectivity index (χ4n) is 2.55. The standard InChI is InChI=1S/C20H17ClN2O4/c1-11-3-4-14(7-12(11)2)10-27-17-6-5-13(9-16(17)21)8-15-18(24)22-20(26)23-19(15)25/h3-9H,10H2,1-2H3,(H2,22,23,24,25,26). The lowest BCUT2D eigenvalue weighted by Gasteiger charge is -2.14. The van der Waals surface area contributed by atoms with Gasteiger partial charge in [0.1, 0.15) is 17.9 Å². The molecule has 0 radical (unpaired) electrons. The van der Waals surface area contributed by atoms with Gasteiger partial charge in [0.15, 0.2) is 0 Å². The molecule has 1 aliphatic heterocycles. The molecule has 1 aliphatic rings. The number of hydrogen-bond donors (Lipinski definition) is 2. The van der Waals surface area contributed by atoms with E-state index in [1.807, 2.05) is 36.6 Å². The predicted octanol–water partition coefficient (Wildman–Crippen LogP) is 3.29. The SMILES string of the molecule is Cc1ccc(COc2ccc(C=C3C(=O)NC(=O)NC3=O)cc2Cl)cc1C. The molecule has 1 fully saturated rings. The molecule has 0 bridgehead atoms. The first-order chi connectivity index (χ1) is 12.8. The number of ether oxygens (including phenoxy) is 1. The number of carbonyl (C=O) groups is 3. The molecule has 0 aromatic heterocycles. The molecule has 4 amide bonds. The molecule has 0 spiro atoms. The van der Waals surface area contributed by atoms with Gasteiger partial charge in [0.05, 0.1) is 5.02 Å². The number of barbiturate groups is 1. The zero-order valence-electron chi connectivity index (χ0n) is 14.8. The first kappa shape index (κ1) is 18.7. The topological polar surface area (TPSA) is 84.5 Å². The van der Waals surface area contributed by atoms with Crippen LogP contribution in [0, 0.1) is 13.8 Å². The lowest BCUT2D eigenvalue weighted by Crippen LogP contribution is -2.51. The van der Waals surface area contributed by atoms with E-state index in [0.29, 0.717) is 22.9 Å². The van der Waals surface area contributed by atoms with E-state index in [1.165, 1.54) is 17.2 Å².